The molecule has 3 heterocycles. The summed E-state index contributed by atoms with van der Waals surface area (Å²) < 4.78 is 7.11. The molecule has 0 bridgehead atoms. The SMILES string of the molecule is CCc1ccc(NC(=O)c2nnc(COC(=O)c3cnc4c(cnn4C(C)C)c3)s2)cc1. The van der Waals surface area contributed by atoms with Crippen molar-refractivity contribution >= 4 is 39.9 Å². The first-order valence-corrected chi connectivity index (χ1v) is 11.0. The van der Waals surface area contributed by atoms with Crippen LogP contribution in [-0.4, -0.2) is 36.8 Å². The summed E-state index contributed by atoms with van der Waals surface area (Å²) in [6, 6.07) is 9.46. The van der Waals surface area contributed by atoms with E-state index in [0.29, 0.717) is 21.9 Å². The molecule has 0 atom stereocenters. The van der Waals surface area contributed by atoms with E-state index in [-0.39, 0.29) is 23.6 Å². The van der Waals surface area contributed by atoms with Crippen molar-refractivity contribution in [1.82, 2.24) is 25.0 Å². The lowest BCUT2D eigenvalue weighted by Gasteiger charge is -2.06. The van der Waals surface area contributed by atoms with E-state index in [1.165, 1.54) is 11.8 Å². The number of esters is 1. The third-order valence-corrected chi connectivity index (χ3v) is 5.66. The maximum atomic E-state index is 12.4. The molecule has 0 saturated heterocycles. The number of fused-ring (bicyclic) bond motifs is 1. The van der Waals surface area contributed by atoms with Gasteiger partial charge in [0.1, 0.15) is 6.61 Å². The fourth-order valence-corrected chi connectivity index (χ4v) is 3.70. The Balaban J connectivity index is 1.36. The van der Waals surface area contributed by atoms with Crippen LogP contribution in [0.1, 0.15) is 57.5 Å². The van der Waals surface area contributed by atoms with Crippen molar-refractivity contribution in [3.8, 4) is 0 Å². The average molecular weight is 451 g/mol. The Morgan fingerprint density at radius 1 is 1.16 bits per heavy atom. The van der Waals surface area contributed by atoms with Crippen LogP contribution in [0.15, 0.2) is 42.7 Å². The van der Waals surface area contributed by atoms with Crippen molar-refractivity contribution in [3.63, 3.8) is 0 Å². The van der Waals surface area contributed by atoms with E-state index in [1.807, 2.05) is 38.1 Å². The summed E-state index contributed by atoms with van der Waals surface area (Å²) in [6.45, 7) is 6.00. The molecule has 0 aliphatic carbocycles. The number of ether oxygens (including phenoxy) is 1. The van der Waals surface area contributed by atoms with Gasteiger partial charge in [0.25, 0.3) is 5.91 Å². The van der Waals surface area contributed by atoms with Crippen molar-refractivity contribution in [3.05, 3.63) is 63.9 Å². The predicted octanol–water partition coefficient (Wildman–Crippen LogP) is 4.04. The third-order valence-electron chi connectivity index (χ3n) is 4.77. The third kappa shape index (κ3) is 4.65. The van der Waals surface area contributed by atoms with Gasteiger partial charge < -0.3 is 10.1 Å². The molecule has 0 aliphatic heterocycles. The van der Waals surface area contributed by atoms with E-state index >= 15 is 0 Å². The summed E-state index contributed by atoms with van der Waals surface area (Å²) in [6.07, 6.45) is 4.07. The molecule has 0 fully saturated rings. The van der Waals surface area contributed by atoms with Gasteiger partial charge in [-0.25, -0.2) is 14.5 Å². The summed E-state index contributed by atoms with van der Waals surface area (Å²) >= 11 is 1.07. The highest BCUT2D eigenvalue weighted by molar-refractivity contribution is 7.13. The Bertz CT molecular complexity index is 1260. The molecule has 9 nitrogen and oxygen atoms in total. The first-order chi connectivity index (χ1) is 15.4. The van der Waals surface area contributed by atoms with Crippen LogP contribution in [0.25, 0.3) is 11.0 Å². The second-order valence-electron chi connectivity index (χ2n) is 7.40. The molecule has 164 valence electrons. The highest BCUT2D eigenvalue weighted by Crippen LogP contribution is 2.19. The van der Waals surface area contributed by atoms with E-state index in [9.17, 15) is 9.59 Å². The average Bonchev–Trinajstić information content (AvgIpc) is 3.44. The van der Waals surface area contributed by atoms with Crippen molar-refractivity contribution in [2.45, 2.75) is 39.8 Å². The smallest absolute Gasteiger partial charge is 0.340 e. The zero-order chi connectivity index (χ0) is 22.7. The second kappa shape index (κ2) is 9.23. The van der Waals surface area contributed by atoms with Gasteiger partial charge in [0.15, 0.2) is 10.7 Å². The number of aryl methyl sites for hydroxylation is 1. The van der Waals surface area contributed by atoms with Crippen LogP contribution in [0, 0.1) is 0 Å². The number of amides is 1. The number of nitrogens with zero attached hydrogens (tertiary/aromatic N) is 5. The molecule has 0 radical (unpaired) electrons. The van der Waals surface area contributed by atoms with Gasteiger partial charge in [0.05, 0.1) is 11.8 Å². The molecule has 0 aliphatic rings. The van der Waals surface area contributed by atoms with E-state index in [0.717, 1.165) is 23.1 Å². The van der Waals surface area contributed by atoms with Crippen LogP contribution >= 0.6 is 11.3 Å². The molecule has 4 aromatic rings. The topological polar surface area (TPSA) is 112 Å². The van der Waals surface area contributed by atoms with Gasteiger partial charge in [-0.05, 0) is 44.0 Å². The van der Waals surface area contributed by atoms with Gasteiger partial charge in [-0.3, -0.25) is 4.79 Å². The normalized spacial score (nSPS) is 11.1. The standard InChI is InChI=1S/C22H22N6O3S/c1-4-14-5-7-17(8-6-14)25-20(29)21-27-26-18(32-21)12-31-22(30)16-9-15-11-24-28(13(2)3)19(15)23-10-16/h5-11,13H,4,12H2,1-3H3,(H,25,29). The lowest BCUT2D eigenvalue weighted by Crippen LogP contribution is -2.11. The van der Waals surface area contributed by atoms with E-state index < -0.39 is 5.97 Å². The number of hydrogen-bond acceptors (Lipinski definition) is 8. The molecule has 32 heavy (non-hydrogen) atoms. The summed E-state index contributed by atoms with van der Waals surface area (Å²) in [4.78, 5) is 29.2. The van der Waals surface area contributed by atoms with Crippen LogP contribution in [0.2, 0.25) is 0 Å². The highest BCUT2D eigenvalue weighted by atomic mass is 32.1. The second-order valence-corrected chi connectivity index (χ2v) is 8.46. The number of benzene rings is 1. The van der Waals surface area contributed by atoms with Gasteiger partial charge in [-0.15, -0.1) is 10.2 Å². The molecule has 3 aromatic heterocycles. The van der Waals surface area contributed by atoms with Crippen LogP contribution < -0.4 is 5.32 Å². The number of anilines is 1. The quantitative estimate of drug-likeness (QED) is 0.423. The van der Waals surface area contributed by atoms with E-state index in [2.05, 4.69) is 32.5 Å². The highest BCUT2D eigenvalue weighted by Gasteiger charge is 2.16. The molecule has 0 saturated carbocycles. The van der Waals surface area contributed by atoms with Gasteiger partial charge >= 0.3 is 5.97 Å². The monoisotopic (exact) mass is 450 g/mol. The lowest BCUT2D eigenvalue weighted by atomic mass is 10.1. The summed E-state index contributed by atoms with van der Waals surface area (Å²) in [5.74, 6) is -0.893. The number of carbonyl (C=O) groups is 2. The zero-order valence-electron chi connectivity index (χ0n) is 17.9. The Kier molecular flexibility index (Phi) is 6.22. The fourth-order valence-electron chi connectivity index (χ4n) is 3.05. The van der Waals surface area contributed by atoms with Crippen LogP contribution in [0.3, 0.4) is 0 Å². The minimum absolute atomic E-state index is 0.0850. The predicted molar refractivity (Wildman–Crippen MR) is 121 cm³/mol. The molecule has 4 rings (SSSR count). The fraction of sp³-hybridized carbons (Fsp3) is 0.273. The first-order valence-electron chi connectivity index (χ1n) is 10.2. The van der Waals surface area contributed by atoms with Crippen LogP contribution in [0.5, 0.6) is 0 Å². The number of carbonyl (C=O) groups excluding carboxylic acids is 2. The molecule has 1 amide bonds. The first kappa shape index (κ1) is 21.6. The molecule has 0 spiro atoms. The van der Waals surface area contributed by atoms with Crippen molar-refractivity contribution in [2.24, 2.45) is 0 Å². The molecular weight excluding hydrogens is 428 g/mol. The maximum Gasteiger partial charge on any atom is 0.340 e. The number of nitrogens with one attached hydrogen (secondary N) is 1. The number of pyridine rings is 1. The minimum Gasteiger partial charge on any atom is -0.455 e. The largest absolute Gasteiger partial charge is 0.455 e. The summed E-state index contributed by atoms with van der Waals surface area (Å²) in [7, 11) is 0. The maximum absolute atomic E-state index is 12.4. The minimum atomic E-state index is -0.533. The zero-order valence-corrected chi connectivity index (χ0v) is 18.7. The lowest BCUT2D eigenvalue weighted by molar-refractivity contribution is 0.0471. The van der Waals surface area contributed by atoms with E-state index in [4.69, 9.17) is 4.74 Å². The van der Waals surface area contributed by atoms with Gasteiger partial charge in [0.2, 0.25) is 5.01 Å². The van der Waals surface area contributed by atoms with Gasteiger partial charge in [-0.2, -0.15) is 5.10 Å². The molecule has 1 N–H and O–H groups in total. The Labute approximate surface area is 188 Å². The number of rotatable bonds is 7. The Morgan fingerprint density at radius 2 is 1.94 bits per heavy atom. The van der Waals surface area contributed by atoms with Crippen LogP contribution in [-0.2, 0) is 17.8 Å². The Morgan fingerprint density at radius 3 is 2.66 bits per heavy atom. The van der Waals surface area contributed by atoms with E-state index in [1.54, 1.807) is 16.9 Å². The van der Waals surface area contributed by atoms with Gasteiger partial charge in [0, 0.05) is 23.3 Å². The van der Waals surface area contributed by atoms with Crippen molar-refractivity contribution in [1.29, 1.82) is 0 Å². The summed E-state index contributed by atoms with van der Waals surface area (Å²) in [5.41, 5.74) is 2.89. The molecule has 1 aromatic carbocycles. The molecular formula is C22H22N6O3S. The van der Waals surface area contributed by atoms with Crippen molar-refractivity contribution in [2.75, 3.05) is 5.32 Å². The van der Waals surface area contributed by atoms with Crippen LogP contribution in [0.4, 0.5) is 5.69 Å². The summed E-state index contributed by atoms with van der Waals surface area (Å²) in [5, 5.41) is 16.3. The number of aromatic nitrogens is 5. The molecule has 0 unspecified atom stereocenters. The number of hydrogen-bond donors (Lipinski definition) is 1. The van der Waals surface area contributed by atoms with Gasteiger partial charge in [-0.1, -0.05) is 30.4 Å². The molecule has 10 heteroatoms. The Hall–Kier alpha value is -3.66. The van der Waals surface area contributed by atoms with Crippen molar-refractivity contribution < 1.29 is 14.3 Å².